The summed E-state index contributed by atoms with van der Waals surface area (Å²) < 4.78 is 32.6. The van der Waals surface area contributed by atoms with E-state index in [1.807, 2.05) is 27.7 Å². The Kier molecular flexibility index (Phi) is 3.09. The van der Waals surface area contributed by atoms with Crippen molar-refractivity contribution in [2.45, 2.75) is 51.4 Å². The zero-order valence-electron chi connectivity index (χ0n) is 11.2. The maximum absolute atomic E-state index is 13.6. The van der Waals surface area contributed by atoms with E-state index in [4.69, 9.17) is 4.74 Å². The number of benzene rings is 1. The molecule has 0 saturated carbocycles. The van der Waals surface area contributed by atoms with E-state index in [-0.39, 0.29) is 17.3 Å². The van der Waals surface area contributed by atoms with Gasteiger partial charge < -0.3 is 10.1 Å². The second-order valence-electron chi connectivity index (χ2n) is 5.99. The average Bonchev–Trinajstić information content (AvgIpc) is 2.40. The first-order valence-electron chi connectivity index (χ1n) is 6.11. The van der Waals surface area contributed by atoms with Crippen molar-refractivity contribution in [1.82, 2.24) is 0 Å². The molecule has 18 heavy (non-hydrogen) atoms. The number of halogens is 2. The molecule has 1 atom stereocenters. The molecule has 1 saturated heterocycles. The van der Waals surface area contributed by atoms with Gasteiger partial charge in [0, 0.05) is 0 Å². The van der Waals surface area contributed by atoms with Crippen LogP contribution in [0, 0.1) is 11.6 Å². The number of ether oxygens (including phenoxy) is 1. The second kappa shape index (κ2) is 4.19. The molecule has 2 nitrogen and oxygen atoms in total. The molecule has 0 aromatic heterocycles. The lowest BCUT2D eigenvalue weighted by Gasteiger charge is -2.28. The van der Waals surface area contributed by atoms with Gasteiger partial charge in [0.05, 0.1) is 22.9 Å². The first kappa shape index (κ1) is 13.3. The van der Waals surface area contributed by atoms with Crippen LogP contribution in [0.1, 0.15) is 34.1 Å². The van der Waals surface area contributed by atoms with Crippen molar-refractivity contribution in [2.75, 3.05) is 5.32 Å². The molecule has 4 heteroatoms. The molecule has 0 aliphatic carbocycles. The second-order valence-corrected chi connectivity index (χ2v) is 5.99. The van der Waals surface area contributed by atoms with Crippen LogP contribution in [0.2, 0.25) is 0 Å². The molecule has 100 valence electrons. The highest BCUT2D eigenvalue weighted by Crippen LogP contribution is 2.39. The molecule has 0 spiro atoms. The molecule has 1 N–H and O–H groups in total. The van der Waals surface area contributed by atoms with Crippen LogP contribution in [0.5, 0.6) is 0 Å². The highest BCUT2D eigenvalue weighted by Gasteiger charge is 2.46. The molecular weight excluding hydrogens is 236 g/mol. The van der Waals surface area contributed by atoms with E-state index in [0.29, 0.717) is 0 Å². The molecule has 1 aromatic rings. The lowest BCUT2D eigenvalue weighted by molar-refractivity contribution is -0.0662. The molecule has 1 aromatic carbocycles. The molecule has 1 fully saturated rings. The minimum atomic E-state index is -0.449. The minimum absolute atomic E-state index is 0.0520. The van der Waals surface area contributed by atoms with Crippen molar-refractivity contribution in [3.63, 3.8) is 0 Å². The van der Waals surface area contributed by atoms with Gasteiger partial charge in [-0.25, -0.2) is 8.78 Å². The summed E-state index contributed by atoms with van der Waals surface area (Å²) in [4.78, 5) is 0. The van der Waals surface area contributed by atoms with Gasteiger partial charge in [-0.3, -0.25) is 0 Å². The topological polar surface area (TPSA) is 21.3 Å². The minimum Gasteiger partial charge on any atom is -0.377 e. The maximum Gasteiger partial charge on any atom is 0.146 e. The fourth-order valence-corrected chi connectivity index (χ4v) is 2.58. The van der Waals surface area contributed by atoms with Gasteiger partial charge in [0.15, 0.2) is 0 Å². The molecule has 1 aliphatic rings. The van der Waals surface area contributed by atoms with Crippen molar-refractivity contribution < 1.29 is 13.5 Å². The van der Waals surface area contributed by atoms with Gasteiger partial charge in [-0.05, 0) is 52.3 Å². The fourth-order valence-electron chi connectivity index (χ4n) is 2.58. The number of rotatable bonds is 2. The normalized spacial score (nSPS) is 25.1. The van der Waals surface area contributed by atoms with Crippen molar-refractivity contribution in [1.29, 1.82) is 0 Å². The summed E-state index contributed by atoms with van der Waals surface area (Å²) in [7, 11) is 0. The van der Waals surface area contributed by atoms with E-state index < -0.39 is 17.2 Å². The maximum atomic E-state index is 13.6. The summed E-state index contributed by atoms with van der Waals surface area (Å²) in [6, 6.07) is 3.37. The van der Waals surface area contributed by atoms with Crippen LogP contribution in [-0.4, -0.2) is 17.2 Å². The van der Waals surface area contributed by atoms with Crippen LogP contribution in [0.25, 0.3) is 0 Å². The Morgan fingerprint density at radius 3 is 2.44 bits per heavy atom. The van der Waals surface area contributed by atoms with Crippen molar-refractivity contribution >= 4 is 5.69 Å². The standard InChI is InChI=1S/C14H19F2NO/c1-13(2)8-12(14(3,4)18-13)17-11-7-9(15)5-6-10(11)16/h5-7,12,17H,8H2,1-4H3. The first-order valence-corrected chi connectivity index (χ1v) is 6.11. The summed E-state index contributed by atoms with van der Waals surface area (Å²) in [5.74, 6) is -0.896. The Morgan fingerprint density at radius 2 is 1.89 bits per heavy atom. The molecule has 1 unspecified atom stereocenters. The number of hydrogen-bond donors (Lipinski definition) is 1. The summed E-state index contributed by atoms with van der Waals surface area (Å²) in [5, 5.41) is 3.06. The van der Waals surface area contributed by atoms with Crippen LogP contribution in [0.3, 0.4) is 0 Å². The van der Waals surface area contributed by atoms with Gasteiger partial charge in [0.1, 0.15) is 11.6 Å². The Bertz CT molecular complexity index is 457. The van der Waals surface area contributed by atoms with Gasteiger partial charge in [-0.15, -0.1) is 0 Å². The molecule has 1 aliphatic heterocycles. The van der Waals surface area contributed by atoms with Crippen molar-refractivity contribution in [3.8, 4) is 0 Å². The Labute approximate surface area is 106 Å². The van der Waals surface area contributed by atoms with Gasteiger partial charge in [0.25, 0.3) is 0 Å². The average molecular weight is 255 g/mol. The number of nitrogens with one attached hydrogen (secondary N) is 1. The zero-order chi connectivity index (χ0) is 13.6. The third-order valence-corrected chi connectivity index (χ3v) is 3.33. The van der Waals surface area contributed by atoms with E-state index in [9.17, 15) is 8.78 Å². The highest BCUT2D eigenvalue weighted by atomic mass is 19.1. The summed E-state index contributed by atoms with van der Waals surface area (Å²) in [6.07, 6.45) is 0.746. The monoisotopic (exact) mass is 255 g/mol. The van der Waals surface area contributed by atoms with E-state index >= 15 is 0 Å². The van der Waals surface area contributed by atoms with E-state index in [1.165, 1.54) is 6.07 Å². The lowest BCUT2D eigenvalue weighted by Crippen LogP contribution is -2.38. The Morgan fingerprint density at radius 1 is 1.22 bits per heavy atom. The Balaban J connectivity index is 2.21. The number of anilines is 1. The van der Waals surface area contributed by atoms with Gasteiger partial charge in [-0.1, -0.05) is 0 Å². The summed E-state index contributed by atoms with van der Waals surface area (Å²) >= 11 is 0. The molecule has 2 rings (SSSR count). The molecular formula is C14H19F2NO. The van der Waals surface area contributed by atoms with E-state index in [1.54, 1.807) is 0 Å². The number of hydrogen-bond acceptors (Lipinski definition) is 2. The van der Waals surface area contributed by atoms with Gasteiger partial charge in [-0.2, -0.15) is 0 Å². The zero-order valence-corrected chi connectivity index (χ0v) is 11.2. The largest absolute Gasteiger partial charge is 0.377 e. The highest BCUT2D eigenvalue weighted by molar-refractivity contribution is 5.46. The smallest absolute Gasteiger partial charge is 0.146 e. The fraction of sp³-hybridized carbons (Fsp3) is 0.571. The molecule has 0 bridgehead atoms. The predicted molar refractivity (Wildman–Crippen MR) is 67.6 cm³/mol. The van der Waals surface area contributed by atoms with Crippen LogP contribution >= 0.6 is 0 Å². The summed E-state index contributed by atoms with van der Waals surface area (Å²) in [5.41, 5.74) is -0.484. The Hall–Kier alpha value is -1.16. The van der Waals surface area contributed by atoms with Gasteiger partial charge >= 0.3 is 0 Å². The van der Waals surface area contributed by atoms with Crippen LogP contribution < -0.4 is 5.32 Å². The van der Waals surface area contributed by atoms with E-state index in [0.717, 1.165) is 18.6 Å². The van der Waals surface area contributed by atoms with Crippen LogP contribution in [0.4, 0.5) is 14.5 Å². The first-order chi connectivity index (χ1) is 8.20. The van der Waals surface area contributed by atoms with Crippen LogP contribution in [-0.2, 0) is 4.74 Å². The van der Waals surface area contributed by atoms with Crippen molar-refractivity contribution in [3.05, 3.63) is 29.8 Å². The quantitative estimate of drug-likeness (QED) is 0.869. The van der Waals surface area contributed by atoms with Gasteiger partial charge in [0.2, 0.25) is 0 Å². The van der Waals surface area contributed by atoms with E-state index in [2.05, 4.69) is 5.32 Å². The molecule has 0 amide bonds. The molecule has 1 heterocycles. The third kappa shape index (κ3) is 2.64. The molecule has 0 radical (unpaired) electrons. The van der Waals surface area contributed by atoms with Crippen LogP contribution in [0.15, 0.2) is 18.2 Å². The lowest BCUT2D eigenvalue weighted by atomic mass is 9.94. The summed E-state index contributed by atoms with van der Waals surface area (Å²) in [6.45, 7) is 7.91. The third-order valence-electron chi connectivity index (χ3n) is 3.33. The SMILES string of the molecule is CC1(C)CC(Nc2cc(F)ccc2F)C(C)(C)O1. The predicted octanol–water partition coefficient (Wildman–Crippen LogP) is 3.72. The van der Waals surface area contributed by atoms with Crippen molar-refractivity contribution in [2.24, 2.45) is 0 Å².